The number of amides is 2. The molecule has 2 aromatic carbocycles. The normalized spacial score (nSPS) is 19.1. The third-order valence-electron chi connectivity index (χ3n) is 4.51. The van der Waals surface area contributed by atoms with Crippen LogP contribution in [0.15, 0.2) is 42.5 Å². The van der Waals surface area contributed by atoms with Gasteiger partial charge in [0.15, 0.2) is 0 Å². The van der Waals surface area contributed by atoms with Crippen LogP contribution in [0.25, 0.3) is 0 Å². The van der Waals surface area contributed by atoms with Gasteiger partial charge in [-0.25, -0.2) is 12.8 Å². The summed E-state index contributed by atoms with van der Waals surface area (Å²) in [6, 6.07) is 9.79. The van der Waals surface area contributed by atoms with Crippen LogP contribution in [0.4, 0.5) is 15.8 Å². The molecule has 1 heterocycles. The van der Waals surface area contributed by atoms with Crippen LogP contribution in [-0.2, 0) is 26.2 Å². The van der Waals surface area contributed by atoms with E-state index in [1.807, 2.05) is 0 Å². The molecule has 1 aliphatic rings. The van der Waals surface area contributed by atoms with E-state index in [1.54, 1.807) is 12.1 Å². The SMILES string of the molecule is CS(=O)(=O)Nc1cccc(N2CCC(O)(C(=O)NCc3cc(F)cc(Cl)c3)C2=O)c1. The summed E-state index contributed by atoms with van der Waals surface area (Å²) in [5, 5.41) is 13.3. The number of sulfonamides is 1. The van der Waals surface area contributed by atoms with Crippen LogP contribution < -0.4 is 14.9 Å². The molecule has 2 amide bonds. The Labute approximate surface area is 177 Å². The minimum absolute atomic E-state index is 0.0525. The Kier molecular flexibility index (Phi) is 6.02. The lowest BCUT2D eigenvalue weighted by Crippen LogP contribution is -2.52. The Bertz CT molecular complexity index is 1090. The van der Waals surface area contributed by atoms with Crippen LogP contribution in [0, 0.1) is 5.82 Å². The van der Waals surface area contributed by atoms with Gasteiger partial charge in [-0.15, -0.1) is 0 Å². The molecule has 3 rings (SSSR count). The summed E-state index contributed by atoms with van der Waals surface area (Å²) in [6.45, 7) is -0.0729. The van der Waals surface area contributed by atoms with E-state index < -0.39 is 33.3 Å². The molecule has 30 heavy (non-hydrogen) atoms. The summed E-state index contributed by atoms with van der Waals surface area (Å²) in [4.78, 5) is 26.5. The minimum Gasteiger partial charge on any atom is -0.372 e. The first-order valence-electron chi connectivity index (χ1n) is 8.83. The zero-order valence-corrected chi connectivity index (χ0v) is 17.4. The Morgan fingerprint density at radius 2 is 2.03 bits per heavy atom. The maximum Gasteiger partial charge on any atom is 0.268 e. The van der Waals surface area contributed by atoms with Gasteiger partial charge in [-0.3, -0.25) is 14.3 Å². The van der Waals surface area contributed by atoms with E-state index in [-0.39, 0.29) is 30.2 Å². The monoisotopic (exact) mass is 455 g/mol. The van der Waals surface area contributed by atoms with Crippen molar-refractivity contribution in [2.75, 3.05) is 22.4 Å². The zero-order chi connectivity index (χ0) is 22.1. The minimum atomic E-state index is -3.51. The Balaban J connectivity index is 1.73. The van der Waals surface area contributed by atoms with Crippen molar-refractivity contribution in [2.24, 2.45) is 0 Å². The quantitative estimate of drug-likeness (QED) is 0.572. The number of nitrogens with zero attached hydrogens (tertiary/aromatic N) is 1. The molecule has 1 unspecified atom stereocenters. The summed E-state index contributed by atoms with van der Waals surface area (Å²) in [5.41, 5.74) is -1.35. The average molecular weight is 456 g/mol. The fourth-order valence-corrected chi connectivity index (χ4v) is 3.95. The van der Waals surface area contributed by atoms with Gasteiger partial charge in [-0.1, -0.05) is 17.7 Å². The fourth-order valence-electron chi connectivity index (χ4n) is 3.16. The van der Waals surface area contributed by atoms with Gasteiger partial charge in [-0.2, -0.15) is 0 Å². The van der Waals surface area contributed by atoms with Gasteiger partial charge in [0, 0.05) is 30.2 Å². The second kappa shape index (κ2) is 8.21. The summed E-state index contributed by atoms with van der Waals surface area (Å²) in [7, 11) is -3.51. The van der Waals surface area contributed by atoms with Crippen molar-refractivity contribution in [1.29, 1.82) is 0 Å². The van der Waals surface area contributed by atoms with Gasteiger partial charge in [0.05, 0.1) is 11.9 Å². The first kappa shape index (κ1) is 22.0. The highest BCUT2D eigenvalue weighted by Gasteiger charge is 2.51. The highest BCUT2D eigenvalue weighted by molar-refractivity contribution is 7.92. The molecule has 2 aromatic rings. The maximum absolute atomic E-state index is 13.4. The van der Waals surface area contributed by atoms with Crippen molar-refractivity contribution < 1.29 is 27.5 Å². The van der Waals surface area contributed by atoms with Crippen LogP contribution in [0.5, 0.6) is 0 Å². The molecule has 160 valence electrons. The molecular weight excluding hydrogens is 437 g/mol. The molecule has 1 saturated heterocycles. The molecule has 1 fully saturated rings. The molecule has 1 atom stereocenters. The van der Waals surface area contributed by atoms with E-state index >= 15 is 0 Å². The van der Waals surface area contributed by atoms with E-state index in [0.29, 0.717) is 11.3 Å². The molecule has 0 aromatic heterocycles. The number of hydrogen-bond donors (Lipinski definition) is 3. The van der Waals surface area contributed by atoms with Crippen molar-refractivity contribution in [3.8, 4) is 0 Å². The van der Waals surface area contributed by atoms with E-state index in [0.717, 1.165) is 12.3 Å². The molecule has 0 saturated carbocycles. The fraction of sp³-hybridized carbons (Fsp3) is 0.263. The molecule has 3 N–H and O–H groups in total. The van der Waals surface area contributed by atoms with E-state index in [2.05, 4.69) is 10.0 Å². The third-order valence-corrected chi connectivity index (χ3v) is 5.33. The van der Waals surface area contributed by atoms with Crippen molar-refractivity contribution in [2.45, 2.75) is 18.6 Å². The molecule has 8 nitrogen and oxygen atoms in total. The molecular formula is C19H19ClFN3O5S. The number of hydrogen-bond acceptors (Lipinski definition) is 5. The largest absolute Gasteiger partial charge is 0.372 e. The lowest BCUT2D eigenvalue weighted by Gasteiger charge is -2.22. The number of aliphatic hydroxyl groups is 1. The number of anilines is 2. The Morgan fingerprint density at radius 1 is 1.30 bits per heavy atom. The smallest absolute Gasteiger partial charge is 0.268 e. The van der Waals surface area contributed by atoms with Crippen LogP contribution in [0.2, 0.25) is 5.02 Å². The number of rotatable bonds is 6. The van der Waals surface area contributed by atoms with Gasteiger partial charge < -0.3 is 15.3 Å². The van der Waals surface area contributed by atoms with Crippen molar-refractivity contribution >= 4 is 44.8 Å². The van der Waals surface area contributed by atoms with Crippen LogP contribution in [0.1, 0.15) is 12.0 Å². The maximum atomic E-state index is 13.4. The number of carbonyl (C=O) groups excluding carboxylic acids is 2. The Morgan fingerprint density at radius 3 is 2.70 bits per heavy atom. The predicted molar refractivity (Wildman–Crippen MR) is 110 cm³/mol. The standard InChI is InChI=1S/C19H19ClFN3O5S/c1-30(28,29)23-15-3-2-4-16(10-15)24-6-5-19(27,18(24)26)17(25)22-11-12-7-13(20)9-14(21)8-12/h2-4,7-10,23,27H,5-6,11H2,1H3,(H,22,25). The van der Waals surface area contributed by atoms with E-state index in [9.17, 15) is 27.5 Å². The first-order valence-corrected chi connectivity index (χ1v) is 11.1. The third kappa shape index (κ3) is 4.89. The summed E-state index contributed by atoms with van der Waals surface area (Å²) in [5.74, 6) is -2.33. The lowest BCUT2D eigenvalue weighted by molar-refractivity contribution is -0.149. The molecule has 0 aliphatic carbocycles. The summed E-state index contributed by atoms with van der Waals surface area (Å²) in [6.07, 6.45) is 0.834. The van der Waals surface area contributed by atoms with Gasteiger partial charge in [0.1, 0.15) is 5.82 Å². The van der Waals surface area contributed by atoms with Crippen molar-refractivity contribution in [3.05, 3.63) is 58.9 Å². The van der Waals surface area contributed by atoms with Gasteiger partial charge >= 0.3 is 0 Å². The Hall–Kier alpha value is -2.69. The number of benzene rings is 2. The van der Waals surface area contributed by atoms with Crippen molar-refractivity contribution in [3.63, 3.8) is 0 Å². The summed E-state index contributed by atoms with van der Waals surface area (Å²) < 4.78 is 38.5. The predicted octanol–water partition coefficient (Wildman–Crippen LogP) is 1.63. The highest BCUT2D eigenvalue weighted by atomic mass is 35.5. The number of carbonyl (C=O) groups is 2. The molecule has 0 radical (unpaired) electrons. The van der Waals surface area contributed by atoms with Gasteiger partial charge in [0.2, 0.25) is 15.6 Å². The molecule has 11 heteroatoms. The second-order valence-electron chi connectivity index (χ2n) is 6.95. The zero-order valence-electron chi connectivity index (χ0n) is 15.9. The van der Waals surface area contributed by atoms with Crippen LogP contribution in [-0.4, -0.2) is 43.7 Å². The van der Waals surface area contributed by atoms with Gasteiger partial charge in [-0.05, 0) is 42.0 Å². The van der Waals surface area contributed by atoms with Crippen LogP contribution >= 0.6 is 11.6 Å². The molecule has 0 spiro atoms. The second-order valence-corrected chi connectivity index (χ2v) is 9.14. The lowest BCUT2D eigenvalue weighted by atomic mass is 10.0. The number of nitrogens with one attached hydrogen (secondary N) is 2. The van der Waals surface area contributed by atoms with Crippen molar-refractivity contribution in [1.82, 2.24) is 5.32 Å². The highest BCUT2D eigenvalue weighted by Crippen LogP contribution is 2.30. The van der Waals surface area contributed by atoms with Gasteiger partial charge in [0.25, 0.3) is 11.8 Å². The van der Waals surface area contributed by atoms with E-state index in [4.69, 9.17) is 11.6 Å². The average Bonchev–Trinajstić information content (AvgIpc) is 2.94. The van der Waals surface area contributed by atoms with E-state index in [1.165, 1.54) is 29.2 Å². The number of halogens is 2. The van der Waals surface area contributed by atoms with Crippen LogP contribution in [0.3, 0.4) is 0 Å². The first-order chi connectivity index (χ1) is 14.0. The summed E-state index contributed by atoms with van der Waals surface area (Å²) >= 11 is 5.78. The molecule has 0 bridgehead atoms. The topological polar surface area (TPSA) is 116 Å². The molecule has 1 aliphatic heterocycles.